The summed E-state index contributed by atoms with van der Waals surface area (Å²) in [6.07, 6.45) is 1.09. The van der Waals surface area contributed by atoms with Gasteiger partial charge < -0.3 is 5.73 Å². The quantitative estimate of drug-likeness (QED) is 0.741. The van der Waals surface area contributed by atoms with Gasteiger partial charge >= 0.3 is 6.03 Å². The highest BCUT2D eigenvalue weighted by atomic mass is 79.9. The second kappa shape index (κ2) is 5.08. The van der Waals surface area contributed by atoms with Crippen LogP contribution in [0, 0.1) is 0 Å². The number of carbonyl (C=O) groups excluding carboxylic acids is 2. The molecule has 16 heavy (non-hydrogen) atoms. The lowest BCUT2D eigenvalue weighted by Crippen LogP contribution is -2.39. The van der Waals surface area contributed by atoms with Gasteiger partial charge in [0.1, 0.15) is 11.0 Å². The van der Waals surface area contributed by atoms with Gasteiger partial charge in [0.15, 0.2) is 5.15 Å². The number of rotatable bonds is 2. The summed E-state index contributed by atoms with van der Waals surface area (Å²) in [5.74, 6) is -0.717. The highest BCUT2D eigenvalue weighted by Gasteiger charge is 2.10. The first-order valence-corrected chi connectivity index (χ1v) is 5.08. The zero-order valence-electron chi connectivity index (χ0n) is 7.74. The van der Waals surface area contributed by atoms with Crippen molar-refractivity contribution in [1.82, 2.24) is 14.9 Å². The number of hydrogen-bond donors (Lipinski definition) is 2. The van der Waals surface area contributed by atoms with E-state index >= 15 is 0 Å². The second-order valence-corrected chi connectivity index (χ2v) is 3.85. The van der Waals surface area contributed by atoms with Crippen LogP contribution in [0.3, 0.4) is 0 Å². The van der Waals surface area contributed by atoms with E-state index in [9.17, 15) is 14.4 Å². The van der Waals surface area contributed by atoms with Gasteiger partial charge in [0.05, 0.1) is 6.33 Å². The predicted molar refractivity (Wildman–Crippen MR) is 58.9 cm³/mol. The first-order valence-electron chi connectivity index (χ1n) is 3.91. The number of imide groups is 1. The average Bonchev–Trinajstić information content (AvgIpc) is 2.18. The normalized spacial score (nSPS) is 9.88. The summed E-state index contributed by atoms with van der Waals surface area (Å²) in [5, 5.41) is 1.81. The molecule has 0 aromatic carbocycles. The second-order valence-electron chi connectivity index (χ2n) is 2.69. The van der Waals surface area contributed by atoms with E-state index in [2.05, 4.69) is 20.9 Å². The molecule has 3 amide bonds. The summed E-state index contributed by atoms with van der Waals surface area (Å²) in [6, 6.07) is -0.987. The highest BCUT2D eigenvalue weighted by molar-refractivity contribution is 9.10. The van der Waals surface area contributed by atoms with Crippen molar-refractivity contribution in [2.24, 2.45) is 5.73 Å². The summed E-state index contributed by atoms with van der Waals surface area (Å²) in [7, 11) is 0. The van der Waals surface area contributed by atoms with E-state index < -0.39 is 17.5 Å². The van der Waals surface area contributed by atoms with Crippen molar-refractivity contribution >= 4 is 39.5 Å². The average molecular weight is 310 g/mol. The van der Waals surface area contributed by atoms with Gasteiger partial charge in [-0.15, -0.1) is 0 Å². The Labute approximate surface area is 103 Å². The standard InChI is InChI=1S/C7H6BrClN4O3/c8-4-5(9)11-2-13(6(4)15)1-3(14)12-7(10)16/h2H,1H2,(H3,10,12,14,16). The van der Waals surface area contributed by atoms with Gasteiger partial charge in [-0.1, -0.05) is 11.6 Å². The van der Waals surface area contributed by atoms with E-state index in [1.54, 1.807) is 0 Å². The molecule has 0 saturated carbocycles. The molecule has 0 spiro atoms. The Morgan fingerprint density at radius 1 is 1.62 bits per heavy atom. The van der Waals surface area contributed by atoms with Crippen LogP contribution in [0.15, 0.2) is 15.6 Å². The Hall–Kier alpha value is -1.41. The molecule has 0 unspecified atom stereocenters. The molecular weight excluding hydrogens is 303 g/mol. The van der Waals surface area contributed by atoms with E-state index in [-0.39, 0.29) is 16.2 Å². The van der Waals surface area contributed by atoms with Gasteiger partial charge in [-0.05, 0) is 15.9 Å². The van der Waals surface area contributed by atoms with E-state index in [4.69, 9.17) is 17.3 Å². The number of nitrogens with one attached hydrogen (secondary N) is 1. The number of nitrogens with zero attached hydrogens (tertiary/aromatic N) is 2. The Morgan fingerprint density at radius 3 is 2.81 bits per heavy atom. The number of primary amides is 1. The Bertz CT molecular complexity index is 501. The Morgan fingerprint density at radius 2 is 2.25 bits per heavy atom. The smallest absolute Gasteiger partial charge is 0.318 e. The molecule has 86 valence electrons. The molecule has 0 radical (unpaired) electrons. The van der Waals surface area contributed by atoms with Crippen molar-refractivity contribution in [2.75, 3.05) is 0 Å². The van der Waals surface area contributed by atoms with E-state index in [1.165, 1.54) is 0 Å². The van der Waals surface area contributed by atoms with Crippen molar-refractivity contribution in [2.45, 2.75) is 6.54 Å². The zero-order valence-corrected chi connectivity index (χ0v) is 10.1. The topological polar surface area (TPSA) is 107 Å². The van der Waals surface area contributed by atoms with Crippen molar-refractivity contribution in [1.29, 1.82) is 0 Å². The van der Waals surface area contributed by atoms with Crippen LogP contribution in [0.25, 0.3) is 0 Å². The van der Waals surface area contributed by atoms with Crippen molar-refractivity contribution in [3.05, 3.63) is 26.3 Å². The maximum absolute atomic E-state index is 11.5. The molecule has 0 bridgehead atoms. The van der Waals surface area contributed by atoms with Crippen molar-refractivity contribution in [3.63, 3.8) is 0 Å². The maximum atomic E-state index is 11.5. The summed E-state index contributed by atoms with van der Waals surface area (Å²) < 4.78 is 1.03. The maximum Gasteiger partial charge on any atom is 0.318 e. The number of aromatic nitrogens is 2. The molecule has 0 aliphatic heterocycles. The first-order chi connectivity index (χ1) is 7.41. The third-order valence-corrected chi connectivity index (χ3v) is 2.75. The summed E-state index contributed by atoms with van der Waals surface area (Å²) in [5.41, 5.74) is 4.21. The molecule has 3 N–H and O–H groups in total. The lowest BCUT2D eigenvalue weighted by atomic mass is 10.5. The van der Waals surface area contributed by atoms with Crippen LogP contribution in [-0.4, -0.2) is 21.5 Å². The third-order valence-electron chi connectivity index (χ3n) is 1.52. The van der Waals surface area contributed by atoms with Crippen LogP contribution in [0.1, 0.15) is 0 Å². The summed E-state index contributed by atoms with van der Waals surface area (Å²) >= 11 is 8.48. The molecule has 0 atom stereocenters. The number of amides is 3. The van der Waals surface area contributed by atoms with Crippen molar-refractivity contribution < 1.29 is 9.59 Å². The van der Waals surface area contributed by atoms with Crippen LogP contribution >= 0.6 is 27.5 Å². The molecule has 1 aromatic heterocycles. The molecule has 0 aliphatic carbocycles. The van der Waals surface area contributed by atoms with E-state index in [0.717, 1.165) is 10.9 Å². The summed E-state index contributed by atoms with van der Waals surface area (Å²) in [4.78, 5) is 36.6. The van der Waals surface area contributed by atoms with E-state index in [0.29, 0.717) is 0 Å². The van der Waals surface area contributed by atoms with Crippen LogP contribution < -0.4 is 16.6 Å². The molecule has 1 heterocycles. The van der Waals surface area contributed by atoms with Gasteiger partial charge in [0.25, 0.3) is 5.56 Å². The number of halogens is 2. The number of carbonyl (C=O) groups is 2. The van der Waals surface area contributed by atoms with Crippen LogP contribution in [0.2, 0.25) is 5.15 Å². The Balaban J connectivity index is 2.91. The fraction of sp³-hybridized carbons (Fsp3) is 0.143. The minimum Gasteiger partial charge on any atom is -0.351 e. The number of urea groups is 1. The minimum absolute atomic E-state index is 0.00319. The fourth-order valence-electron chi connectivity index (χ4n) is 0.888. The van der Waals surface area contributed by atoms with Crippen LogP contribution in [-0.2, 0) is 11.3 Å². The molecule has 9 heteroatoms. The summed E-state index contributed by atoms with van der Waals surface area (Å²) in [6.45, 7) is -0.370. The van der Waals surface area contributed by atoms with E-state index in [1.807, 2.05) is 5.32 Å². The molecular formula is C7H6BrClN4O3. The fourth-order valence-corrected chi connectivity index (χ4v) is 1.34. The predicted octanol–water partition coefficient (Wildman–Crippen LogP) is -0.146. The van der Waals surface area contributed by atoms with Crippen LogP contribution in [0.4, 0.5) is 4.79 Å². The molecule has 7 nitrogen and oxygen atoms in total. The monoisotopic (exact) mass is 308 g/mol. The molecule has 1 rings (SSSR count). The third kappa shape index (κ3) is 3.04. The molecule has 1 aromatic rings. The zero-order chi connectivity index (χ0) is 12.3. The largest absolute Gasteiger partial charge is 0.351 e. The first kappa shape index (κ1) is 12.7. The minimum atomic E-state index is -0.987. The highest BCUT2D eigenvalue weighted by Crippen LogP contribution is 2.13. The van der Waals surface area contributed by atoms with Crippen molar-refractivity contribution in [3.8, 4) is 0 Å². The van der Waals surface area contributed by atoms with Gasteiger partial charge in [0.2, 0.25) is 5.91 Å². The van der Waals surface area contributed by atoms with Crippen LogP contribution in [0.5, 0.6) is 0 Å². The van der Waals surface area contributed by atoms with Gasteiger partial charge in [0, 0.05) is 0 Å². The molecule has 0 aliphatic rings. The van der Waals surface area contributed by atoms with Gasteiger partial charge in [-0.2, -0.15) is 0 Å². The molecule has 0 saturated heterocycles. The van der Waals surface area contributed by atoms with Gasteiger partial charge in [-0.3, -0.25) is 19.5 Å². The van der Waals surface area contributed by atoms with Gasteiger partial charge in [-0.25, -0.2) is 9.78 Å². The lowest BCUT2D eigenvalue weighted by Gasteiger charge is -2.05. The number of nitrogens with two attached hydrogens (primary N) is 1. The number of hydrogen-bond acceptors (Lipinski definition) is 4. The lowest BCUT2D eigenvalue weighted by molar-refractivity contribution is -0.120. The SMILES string of the molecule is NC(=O)NC(=O)Cn1cnc(Cl)c(Br)c1=O. The Kier molecular flexibility index (Phi) is 4.02. The molecule has 0 fully saturated rings.